The summed E-state index contributed by atoms with van der Waals surface area (Å²) in [4.78, 5) is 13.6. The van der Waals surface area contributed by atoms with Crippen LogP contribution in [0.25, 0.3) is 10.6 Å². The fraction of sp³-hybridized carbons (Fsp3) is 0.188. The van der Waals surface area contributed by atoms with Crippen molar-refractivity contribution in [3.8, 4) is 10.6 Å². The molecular formula is C16H15BrN3S2-. The normalized spacial score (nSPS) is 10.3. The van der Waals surface area contributed by atoms with Crippen molar-refractivity contribution in [3.63, 3.8) is 0 Å². The van der Waals surface area contributed by atoms with Gasteiger partial charge in [-0.15, -0.1) is 11.3 Å². The van der Waals surface area contributed by atoms with Crippen LogP contribution >= 0.6 is 23.1 Å². The Labute approximate surface area is 149 Å². The first-order valence-corrected chi connectivity index (χ1v) is 8.52. The molecule has 3 nitrogen and oxygen atoms in total. The molecule has 0 bridgehead atoms. The van der Waals surface area contributed by atoms with E-state index in [-0.39, 0.29) is 17.0 Å². The maximum absolute atomic E-state index is 4.68. The predicted molar refractivity (Wildman–Crippen MR) is 88.6 cm³/mol. The Balaban J connectivity index is 0.00000176. The molecule has 1 aromatic carbocycles. The summed E-state index contributed by atoms with van der Waals surface area (Å²) in [6.45, 7) is 3.99. The number of hydrogen-bond acceptors (Lipinski definition) is 5. The fourth-order valence-corrected chi connectivity index (χ4v) is 3.76. The SMILES string of the molecule is Cc1cc(C)nc(SCc2csc(-c3ccccc3)n2)n1.[Br-]. The molecule has 22 heavy (non-hydrogen) atoms. The third kappa shape index (κ3) is 4.38. The van der Waals surface area contributed by atoms with E-state index in [2.05, 4.69) is 32.5 Å². The highest BCUT2D eigenvalue weighted by Gasteiger charge is 2.06. The summed E-state index contributed by atoms with van der Waals surface area (Å²) < 4.78 is 0. The van der Waals surface area contributed by atoms with Crippen molar-refractivity contribution < 1.29 is 17.0 Å². The first-order valence-electron chi connectivity index (χ1n) is 6.65. The smallest absolute Gasteiger partial charge is 0.188 e. The van der Waals surface area contributed by atoms with Gasteiger partial charge in [-0.05, 0) is 19.9 Å². The van der Waals surface area contributed by atoms with Crippen LogP contribution in [-0.4, -0.2) is 15.0 Å². The second-order valence-electron chi connectivity index (χ2n) is 4.73. The first-order chi connectivity index (χ1) is 10.2. The van der Waals surface area contributed by atoms with Crippen LogP contribution < -0.4 is 17.0 Å². The summed E-state index contributed by atoms with van der Waals surface area (Å²) in [5.74, 6) is 0.798. The number of aryl methyl sites for hydroxylation is 2. The van der Waals surface area contributed by atoms with Crippen LogP contribution in [0.1, 0.15) is 17.1 Å². The van der Waals surface area contributed by atoms with Crippen molar-refractivity contribution >= 4 is 23.1 Å². The number of hydrogen-bond donors (Lipinski definition) is 0. The second kappa shape index (κ2) is 7.85. The summed E-state index contributed by atoms with van der Waals surface area (Å²) in [6.07, 6.45) is 0. The van der Waals surface area contributed by atoms with Gasteiger partial charge in [-0.2, -0.15) is 0 Å². The molecule has 0 aliphatic rings. The Morgan fingerprint density at radius 3 is 2.36 bits per heavy atom. The van der Waals surface area contributed by atoms with E-state index in [4.69, 9.17) is 0 Å². The van der Waals surface area contributed by atoms with E-state index in [1.165, 1.54) is 5.56 Å². The largest absolute Gasteiger partial charge is 1.00 e. The molecule has 0 saturated carbocycles. The molecule has 0 spiro atoms. The van der Waals surface area contributed by atoms with Gasteiger partial charge in [0.05, 0.1) is 5.69 Å². The summed E-state index contributed by atoms with van der Waals surface area (Å²) in [7, 11) is 0. The Kier molecular flexibility index (Phi) is 6.11. The van der Waals surface area contributed by atoms with Crippen LogP contribution in [0.15, 0.2) is 46.9 Å². The molecule has 0 saturated heterocycles. The third-order valence-electron chi connectivity index (χ3n) is 2.88. The van der Waals surface area contributed by atoms with E-state index in [0.717, 1.165) is 33.0 Å². The van der Waals surface area contributed by atoms with E-state index in [9.17, 15) is 0 Å². The van der Waals surface area contributed by atoms with Crippen molar-refractivity contribution in [2.75, 3.05) is 0 Å². The van der Waals surface area contributed by atoms with Crippen molar-refractivity contribution in [1.82, 2.24) is 15.0 Å². The molecule has 0 radical (unpaired) electrons. The molecule has 6 heteroatoms. The van der Waals surface area contributed by atoms with Crippen LogP contribution in [0.3, 0.4) is 0 Å². The van der Waals surface area contributed by atoms with Crippen LogP contribution in [0.2, 0.25) is 0 Å². The minimum atomic E-state index is 0. The number of thiazole rings is 1. The summed E-state index contributed by atoms with van der Waals surface area (Å²) in [6, 6.07) is 12.3. The number of aromatic nitrogens is 3. The molecule has 0 unspecified atom stereocenters. The molecule has 0 fully saturated rings. The van der Waals surface area contributed by atoms with Crippen molar-refractivity contribution in [3.05, 3.63) is 58.9 Å². The van der Waals surface area contributed by atoms with Gasteiger partial charge in [-0.3, -0.25) is 0 Å². The highest BCUT2D eigenvalue weighted by molar-refractivity contribution is 7.98. The minimum Gasteiger partial charge on any atom is -1.00 e. The molecule has 0 N–H and O–H groups in total. The summed E-state index contributed by atoms with van der Waals surface area (Å²) >= 11 is 3.31. The molecule has 114 valence electrons. The number of rotatable bonds is 4. The maximum Gasteiger partial charge on any atom is 0.188 e. The van der Waals surface area contributed by atoms with Crippen LogP contribution in [0, 0.1) is 13.8 Å². The number of benzene rings is 1. The van der Waals surface area contributed by atoms with E-state index in [1.54, 1.807) is 23.1 Å². The predicted octanol–water partition coefficient (Wildman–Crippen LogP) is 1.51. The molecule has 3 rings (SSSR count). The Bertz CT molecular complexity index is 724. The Morgan fingerprint density at radius 1 is 1.00 bits per heavy atom. The molecule has 0 aliphatic carbocycles. The zero-order valence-electron chi connectivity index (χ0n) is 12.3. The number of halogens is 1. The van der Waals surface area contributed by atoms with Gasteiger partial charge in [0.25, 0.3) is 0 Å². The average molecular weight is 393 g/mol. The van der Waals surface area contributed by atoms with Crippen molar-refractivity contribution in [2.24, 2.45) is 0 Å². The standard InChI is InChI=1S/C16H15N3S2.BrH/c1-11-8-12(2)18-16(17-11)21-10-14-9-20-15(19-14)13-6-4-3-5-7-13;/h3-9H,10H2,1-2H3;1H/p-1. The molecule has 3 aromatic rings. The zero-order chi connectivity index (χ0) is 14.7. The molecular weight excluding hydrogens is 378 g/mol. The van der Waals surface area contributed by atoms with Gasteiger partial charge < -0.3 is 17.0 Å². The lowest BCUT2D eigenvalue weighted by Gasteiger charge is -2.01. The molecule has 0 amide bonds. The highest BCUT2D eigenvalue weighted by atomic mass is 79.9. The maximum atomic E-state index is 4.68. The van der Waals surface area contributed by atoms with Gasteiger partial charge in [0.15, 0.2) is 5.16 Å². The highest BCUT2D eigenvalue weighted by Crippen LogP contribution is 2.26. The van der Waals surface area contributed by atoms with Gasteiger partial charge in [-0.25, -0.2) is 15.0 Å². The van der Waals surface area contributed by atoms with Gasteiger partial charge >= 0.3 is 0 Å². The van der Waals surface area contributed by atoms with Gasteiger partial charge in [0, 0.05) is 28.1 Å². The van der Waals surface area contributed by atoms with Gasteiger partial charge in [0.1, 0.15) is 5.01 Å². The Morgan fingerprint density at radius 2 is 1.68 bits per heavy atom. The minimum absolute atomic E-state index is 0. The van der Waals surface area contributed by atoms with Gasteiger partial charge in [0.2, 0.25) is 0 Å². The van der Waals surface area contributed by atoms with Crippen molar-refractivity contribution in [2.45, 2.75) is 24.8 Å². The quantitative estimate of drug-likeness (QED) is 0.498. The Hall–Kier alpha value is -1.24. The van der Waals surface area contributed by atoms with Crippen LogP contribution in [0.5, 0.6) is 0 Å². The van der Waals surface area contributed by atoms with Crippen molar-refractivity contribution in [1.29, 1.82) is 0 Å². The third-order valence-corrected chi connectivity index (χ3v) is 4.70. The van der Waals surface area contributed by atoms with Gasteiger partial charge in [-0.1, -0.05) is 42.1 Å². The number of nitrogens with zero attached hydrogens (tertiary/aromatic N) is 3. The molecule has 2 heterocycles. The monoisotopic (exact) mass is 392 g/mol. The molecule has 0 atom stereocenters. The van der Waals surface area contributed by atoms with Crippen LogP contribution in [-0.2, 0) is 5.75 Å². The second-order valence-corrected chi connectivity index (χ2v) is 6.53. The molecule has 0 aliphatic heterocycles. The summed E-state index contributed by atoms with van der Waals surface area (Å²) in [5, 5.41) is 3.99. The average Bonchev–Trinajstić information content (AvgIpc) is 2.94. The number of thioether (sulfide) groups is 1. The van der Waals surface area contributed by atoms with Crippen LogP contribution in [0.4, 0.5) is 0 Å². The lowest BCUT2D eigenvalue weighted by atomic mass is 10.2. The zero-order valence-corrected chi connectivity index (χ0v) is 15.5. The van der Waals surface area contributed by atoms with E-state index in [1.807, 2.05) is 38.1 Å². The molecule has 2 aromatic heterocycles. The lowest BCUT2D eigenvalue weighted by Crippen LogP contribution is -3.00. The first kappa shape index (κ1) is 17.1. The topological polar surface area (TPSA) is 38.7 Å². The van der Waals surface area contributed by atoms with E-state index >= 15 is 0 Å². The fourth-order valence-electron chi connectivity index (χ4n) is 1.98. The lowest BCUT2D eigenvalue weighted by molar-refractivity contribution is -0.00000454. The summed E-state index contributed by atoms with van der Waals surface area (Å²) in [5.41, 5.74) is 4.26. The van der Waals surface area contributed by atoms with E-state index < -0.39 is 0 Å². The van der Waals surface area contributed by atoms with E-state index in [0.29, 0.717) is 0 Å².